The molecule has 0 aliphatic heterocycles. The molecule has 1 aromatic heterocycles. The van der Waals surface area contributed by atoms with Crippen LogP contribution < -0.4 is 5.59 Å². The van der Waals surface area contributed by atoms with E-state index in [1.54, 1.807) is 0 Å². The maximum atomic E-state index is 12.2. The average Bonchev–Trinajstić information content (AvgIpc) is 2.91. The molecule has 3 rings (SSSR count). The lowest BCUT2D eigenvalue weighted by molar-refractivity contribution is 0.0521. The Morgan fingerprint density at radius 3 is 2.21 bits per heavy atom. The Bertz CT molecular complexity index is 851. The summed E-state index contributed by atoms with van der Waals surface area (Å²) in [6.45, 7) is 4.20. The Morgan fingerprint density at radius 2 is 1.58 bits per heavy atom. The van der Waals surface area contributed by atoms with Crippen molar-refractivity contribution in [3.05, 3.63) is 65.9 Å². The SMILES string of the molecule is Bc1[nH]c(C(=O)OCC)c(-c2ccc(-c3ccccc3)cc2)c1C. The number of hydrogen-bond acceptors (Lipinski definition) is 2. The fraction of sp³-hybridized carbons (Fsp3) is 0.150. The molecule has 0 bridgehead atoms. The first-order valence-corrected chi connectivity index (χ1v) is 8.14. The number of carbonyl (C=O) groups is 1. The molecular weight excluding hydrogens is 297 g/mol. The molecule has 1 heterocycles. The van der Waals surface area contributed by atoms with E-state index in [1.165, 1.54) is 5.56 Å². The van der Waals surface area contributed by atoms with E-state index in [4.69, 9.17) is 4.74 Å². The molecule has 0 unspecified atom stereocenters. The zero-order valence-corrected chi connectivity index (χ0v) is 14.2. The number of rotatable bonds is 4. The van der Waals surface area contributed by atoms with Crippen LogP contribution >= 0.6 is 0 Å². The smallest absolute Gasteiger partial charge is 0.355 e. The monoisotopic (exact) mass is 317 g/mol. The van der Waals surface area contributed by atoms with Crippen LogP contribution in [0.5, 0.6) is 0 Å². The predicted octanol–water partition coefficient (Wildman–Crippen LogP) is 3.09. The maximum absolute atomic E-state index is 12.2. The van der Waals surface area contributed by atoms with Crippen molar-refractivity contribution in [1.29, 1.82) is 0 Å². The molecule has 0 amide bonds. The molecule has 24 heavy (non-hydrogen) atoms. The number of benzene rings is 2. The second-order valence-electron chi connectivity index (χ2n) is 5.79. The van der Waals surface area contributed by atoms with Crippen LogP contribution in [0.3, 0.4) is 0 Å². The standard InChI is InChI=1S/C20H20BNO2/c1-3-24-20(23)18-17(13(2)19(21)22-18)16-11-9-15(10-12-16)14-7-5-4-6-8-14/h4-12,22H,3,21H2,1-2H3. The summed E-state index contributed by atoms with van der Waals surface area (Å²) in [6.07, 6.45) is 0. The summed E-state index contributed by atoms with van der Waals surface area (Å²) in [5.41, 5.74) is 6.86. The Labute approximate surface area is 143 Å². The van der Waals surface area contributed by atoms with Crippen LogP contribution in [0.2, 0.25) is 0 Å². The molecule has 4 heteroatoms. The number of H-pyrrole nitrogens is 1. The van der Waals surface area contributed by atoms with Gasteiger partial charge in [-0.1, -0.05) is 54.6 Å². The molecule has 120 valence electrons. The lowest BCUT2D eigenvalue weighted by Gasteiger charge is -2.08. The van der Waals surface area contributed by atoms with E-state index in [-0.39, 0.29) is 5.97 Å². The van der Waals surface area contributed by atoms with Crippen molar-refractivity contribution in [1.82, 2.24) is 4.98 Å². The molecule has 0 atom stereocenters. The van der Waals surface area contributed by atoms with Crippen LogP contribution in [0, 0.1) is 6.92 Å². The number of esters is 1. The van der Waals surface area contributed by atoms with Gasteiger partial charge in [-0.2, -0.15) is 0 Å². The van der Waals surface area contributed by atoms with Gasteiger partial charge in [-0.15, -0.1) is 0 Å². The van der Waals surface area contributed by atoms with Crippen molar-refractivity contribution in [2.24, 2.45) is 0 Å². The normalized spacial score (nSPS) is 10.6. The first-order valence-electron chi connectivity index (χ1n) is 8.14. The second kappa shape index (κ2) is 6.79. The van der Waals surface area contributed by atoms with Gasteiger partial charge in [0.1, 0.15) is 5.69 Å². The van der Waals surface area contributed by atoms with Crippen LogP contribution in [-0.2, 0) is 4.74 Å². The molecular formula is C20H20BNO2. The molecule has 3 nitrogen and oxygen atoms in total. The number of nitrogens with one attached hydrogen (secondary N) is 1. The molecule has 0 spiro atoms. The molecule has 0 saturated heterocycles. The van der Waals surface area contributed by atoms with Crippen LogP contribution in [0.4, 0.5) is 0 Å². The van der Waals surface area contributed by atoms with E-state index in [0.29, 0.717) is 12.3 Å². The summed E-state index contributed by atoms with van der Waals surface area (Å²) in [7, 11) is 1.97. The van der Waals surface area contributed by atoms with Gasteiger partial charge in [-0.05, 0) is 41.7 Å². The van der Waals surface area contributed by atoms with Crippen LogP contribution in [0.15, 0.2) is 54.6 Å². The van der Waals surface area contributed by atoms with Gasteiger partial charge in [0.15, 0.2) is 7.85 Å². The summed E-state index contributed by atoms with van der Waals surface area (Å²) >= 11 is 0. The van der Waals surface area contributed by atoms with Crippen molar-refractivity contribution < 1.29 is 9.53 Å². The van der Waals surface area contributed by atoms with Crippen LogP contribution in [-0.4, -0.2) is 25.4 Å². The van der Waals surface area contributed by atoms with E-state index >= 15 is 0 Å². The van der Waals surface area contributed by atoms with Gasteiger partial charge in [-0.3, -0.25) is 0 Å². The Morgan fingerprint density at radius 1 is 1.00 bits per heavy atom. The topological polar surface area (TPSA) is 42.1 Å². The molecule has 0 fully saturated rings. The Balaban J connectivity index is 2.02. The fourth-order valence-electron chi connectivity index (χ4n) is 2.90. The van der Waals surface area contributed by atoms with E-state index in [2.05, 4.69) is 41.4 Å². The summed E-state index contributed by atoms with van der Waals surface area (Å²) in [4.78, 5) is 15.4. The fourth-order valence-corrected chi connectivity index (χ4v) is 2.90. The van der Waals surface area contributed by atoms with Crippen molar-refractivity contribution in [2.75, 3.05) is 6.61 Å². The zero-order chi connectivity index (χ0) is 17.1. The van der Waals surface area contributed by atoms with Gasteiger partial charge < -0.3 is 9.72 Å². The molecule has 3 aromatic rings. The molecule has 0 saturated carbocycles. The third-order valence-corrected chi connectivity index (χ3v) is 4.26. The second-order valence-corrected chi connectivity index (χ2v) is 5.79. The van der Waals surface area contributed by atoms with Gasteiger partial charge in [0, 0.05) is 5.56 Å². The Hall–Kier alpha value is -2.75. The van der Waals surface area contributed by atoms with E-state index in [9.17, 15) is 4.79 Å². The van der Waals surface area contributed by atoms with Crippen molar-refractivity contribution in [3.63, 3.8) is 0 Å². The highest BCUT2D eigenvalue weighted by Gasteiger charge is 2.20. The third kappa shape index (κ3) is 3.00. The predicted molar refractivity (Wildman–Crippen MR) is 101 cm³/mol. The van der Waals surface area contributed by atoms with Gasteiger partial charge in [0.05, 0.1) is 6.61 Å². The highest BCUT2D eigenvalue weighted by atomic mass is 16.5. The van der Waals surface area contributed by atoms with Crippen molar-refractivity contribution in [3.8, 4) is 22.3 Å². The summed E-state index contributed by atoms with van der Waals surface area (Å²) < 4.78 is 5.18. The third-order valence-electron chi connectivity index (χ3n) is 4.26. The minimum absolute atomic E-state index is 0.309. The van der Waals surface area contributed by atoms with E-state index in [0.717, 1.165) is 27.8 Å². The molecule has 0 aliphatic rings. The van der Waals surface area contributed by atoms with Crippen molar-refractivity contribution >= 4 is 19.4 Å². The molecule has 0 radical (unpaired) electrons. The number of ether oxygens (including phenoxy) is 1. The number of hydrogen-bond donors (Lipinski definition) is 1. The minimum Gasteiger partial charge on any atom is -0.461 e. The van der Waals surface area contributed by atoms with Gasteiger partial charge in [0.25, 0.3) is 0 Å². The number of aromatic nitrogens is 1. The van der Waals surface area contributed by atoms with E-state index in [1.807, 2.05) is 39.9 Å². The molecule has 2 aromatic carbocycles. The lowest BCUT2D eigenvalue weighted by atomic mass is 9.93. The van der Waals surface area contributed by atoms with Crippen molar-refractivity contribution in [2.45, 2.75) is 13.8 Å². The summed E-state index contributed by atoms with van der Waals surface area (Å²) in [5.74, 6) is -0.309. The highest BCUT2D eigenvalue weighted by Crippen LogP contribution is 2.29. The minimum atomic E-state index is -0.309. The van der Waals surface area contributed by atoms with Gasteiger partial charge >= 0.3 is 5.97 Å². The first kappa shape index (κ1) is 16.1. The lowest BCUT2D eigenvalue weighted by Crippen LogP contribution is -2.10. The largest absolute Gasteiger partial charge is 0.461 e. The quantitative estimate of drug-likeness (QED) is 0.593. The van der Waals surface area contributed by atoms with Crippen LogP contribution in [0.1, 0.15) is 23.0 Å². The number of aromatic amines is 1. The van der Waals surface area contributed by atoms with E-state index < -0.39 is 0 Å². The first-order chi connectivity index (χ1) is 11.6. The molecule has 1 N–H and O–H groups in total. The number of carbonyl (C=O) groups excluding carboxylic acids is 1. The van der Waals surface area contributed by atoms with Crippen LogP contribution in [0.25, 0.3) is 22.3 Å². The Kier molecular flexibility index (Phi) is 4.56. The zero-order valence-electron chi connectivity index (χ0n) is 14.2. The maximum Gasteiger partial charge on any atom is 0.355 e. The summed E-state index contributed by atoms with van der Waals surface area (Å²) in [5, 5.41) is 0. The average molecular weight is 317 g/mol. The molecule has 0 aliphatic carbocycles. The van der Waals surface area contributed by atoms with Gasteiger partial charge in [-0.25, -0.2) is 4.79 Å². The van der Waals surface area contributed by atoms with Gasteiger partial charge in [0.2, 0.25) is 0 Å². The summed E-state index contributed by atoms with van der Waals surface area (Å²) in [6, 6.07) is 18.5. The highest BCUT2D eigenvalue weighted by molar-refractivity contribution is 6.33.